The molecule has 1 aromatic heterocycles. The molecular formula is C24H28N4O2. The van der Waals surface area contributed by atoms with Gasteiger partial charge in [0.05, 0.1) is 5.41 Å². The van der Waals surface area contributed by atoms with Gasteiger partial charge in [-0.15, -0.1) is 0 Å². The van der Waals surface area contributed by atoms with Crippen LogP contribution >= 0.6 is 0 Å². The predicted octanol–water partition coefficient (Wildman–Crippen LogP) is 3.76. The van der Waals surface area contributed by atoms with Crippen molar-refractivity contribution in [3.05, 3.63) is 54.4 Å². The van der Waals surface area contributed by atoms with Crippen LogP contribution in [0.25, 0.3) is 0 Å². The summed E-state index contributed by atoms with van der Waals surface area (Å²) in [5.41, 5.74) is 6.93. The Morgan fingerprint density at radius 3 is 2.83 bits per heavy atom. The first-order valence-electron chi connectivity index (χ1n) is 10.9. The van der Waals surface area contributed by atoms with Crippen LogP contribution in [-0.4, -0.2) is 22.3 Å². The molecule has 0 aliphatic heterocycles. The van der Waals surface area contributed by atoms with Crippen LogP contribution in [0.1, 0.15) is 55.4 Å². The Balaban J connectivity index is 1.42. The minimum atomic E-state index is -0.435. The minimum absolute atomic E-state index is 0.0682. The lowest BCUT2D eigenvalue weighted by molar-refractivity contribution is -0.127. The number of fused-ring (bicyclic) bond motifs is 2. The summed E-state index contributed by atoms with van der Waals surface area (Å²) in [5.74, 6) is 0.816. The smallest absolute Gasteiger partial charge is 0.270 e. The molecule has 30 heavy (non-hydrogen) atoms. The molecule has 2 amide bonds. The fourth-order valence-corrected chi connectivity index (χ4v) is 6.35. The zero-order valence-corrected chi connectivity index (χ0v) is 17.1. The molecule has 3 fully saturated rings. The number of nitrogen functional groups attached to an aromatic ring is 1. The first kappa shape index (κ1) is 19.1. The van der Waals surface area contributed by atoms with E-state index in [2.05, 4.69) is 15.6 Å². The van der Waals surface area contributed by atoms with E-state index in [4.69, 9.17) is 5.73 Å². The Bertz CT molecular complexity index is 978. The van der Waals surface area contributed by atoms with E-state index in [-0.39, 0.29) is 17.4 Å². The van der Waals surface area contributed by atoms with Crippen LogP contribution < -0.4 is 16.4 Å². The summed E-state index contributed by atoms with van der Waals surface area (Å²) >= 11 is 0. The number of rotatable bonds is 4. The van der Waals surface area contributed by atoms with Gasteiger partial charge in [-0.25, -0.2) is 0 Å². The summed E-state index contributed by atoms with van der Waals surface area (Å²) < 4.78 is 0. The largest absolute Gasteiger partial charge is 0.399 e. The first-order valence-corrected chi connectivity index (χ1v) is 10.9. The molecule has 1 aromatic carbocycles. The monoisotopic (exact) mass is 404 g/mol. The van der Waals surface area contributed by atoms with Crippen LogP contribution in [0.3, 0.4) is 0 Å². The maximum atomic E-state index is 13.5. The Morgan fingerprint density at radius 2 is 2.03 bits per heavy atom. The van der Waals surface area contributed by atoms with Gasteiger partial charge in [0.2, 0.25) is 5.91 Å². The van der Waals surface area contributed by atoms with Crippen LogP contribution in [0.2, 0.25) is 0 Å². The standard InChI is InChI=1S/C24H28N4O2/c25-18-6-3-7-19(12-18)27-22(30)23-13-16-5-4-9-24(15-23,17(11-16)14-23)28-21(29)20-8-1-2-10-26-20/h1-3,6-8,10,12,16-17H,4-5,9,11,13-15,25H2,(H,27,30)(H,28,29). The molecule has 1 heterocycles. The predicted molar refractivity (Wildman–Crippen MR) is 116 cm³/mol. The molecule has 6 nitrogen and oxygen atoms in total. The van der Waals surface area contributed by atoms with Crippen molar-refractivity contribution < 1.29 is 9.59 Å². The zero-order valence-electron chi connectivity index (χ0n) is 17.1. The highest BCUT2D eigenvalue weighted by molar-refractivity contribution is 5.97. The van der Waals surface area contributed by atoms with E-state index >= 15 is 0 Å². The van der Waals surface area contributed by atoms with E-state index in [9.17, 15) is 9.59 Å². The third-order valence-corrected chi connectivity index (χ3v) is 7.49. The second kappa shape index (κ2) is 7.11. The Hall–Kier alpha value is -2.89. The molecule has 4 atom stereocenters. The van der Waals surface area contributed by atoms with Crippen LogP contribution in [0.5, 0.6) is 0 Å². The van der Waals surface area contributed by atoms with Gasteiger partial charge in [0.15, 0.2) is 0 Å². The van der Waals surface area contributed by atoms with Gasteiger partial charge in [-0.1, -0.05) is 25.0 Å². The molecule has 5 rings (SSSR count). The van der Waals surface area contributed by atoms with E-state index in [1.54, 1.807) is 18.3 Å². The third kappa shape index (κ3) is 3.24. The lowest BCUT2D eigenvalue weighted by Crippen LogP contribution is -2.51. The van der Waals surface area contributed by atoms with E-state index in [1.807, 2.05) is 30.3 Å². The molecule has 4 unspecified atom stereocenters. The molecule has 3 saturated carbocycles. The van der Waals surface area contributed by atoms with Crippen LogP contribution in [0.15, 0.2) is 48.7 Å². The molecular weight excluding hydrogens is 376 g/mol. The number of nitrogens with one attached hydrogen (secondary N) is 2. The number of aromatic nitrogens is 1. The van der Waals surface area contributed by atoms with Crippen molar-refractivity contribution in [2.45, 2.75) is 50.5 Å². The second-order valence-corrected chi connectivity index (χ2v) is 9.46. The molecule has 0 saturated heterocycles. The fourth-order valence-electron chi connectivity index (χ4n) is 6.35. The number of nitrogens with zero attached hydrogens (tertiary/aromatic N) is 1. The number of anilines is 2. The molecule has 4 N–H and O–H groups in total. The molecule has 2 aromatic rings. The van der Waals surface area contributed by atoms with Crippen molar-refractivity contribution in [3.63, 3.8) is 0 Å². The quantitative estimate of drug-likeness (QED) is 0.676. The lowest BCUT2D eigenvalue weighted by atomic mass is 9.69. The van der Waals surface area contributed by atoms with Crippen LogP contribution in [-0.2, 0) is 4.79 Å². The summed E-state index contributed by atoms with van der Waals surface area (Å²) in [4.78, 5) is 30.7. The van der Waals surface area contributed by atoms with Crippen LogP contribution in [0.4, 0.5) is 11.4 Å². The van der Waals surface area contributed by atoms with Crippen molar-refractivity contribution in [2.24, 2.45) is 17.3 Å². The van der Waals surface area contributed by atoms with Crippen molar-refractivity contribution in [1.29, 1.82) is 0 Å². The highest BCUT2D eigenvalue weighted by Gasteiger charge is 2.62. The van der Waals surface area contributed by atoms with E-state index in [0.29, 0.717) is 29.6 Å². The van der Waals surface area contributed by atoms with Gasteiger partial charge in [-0.05, 0) is 74.3 Å². The third-order valence-electron chi connectivity index (χ3n) is 7.49. The van der Waals surface area contributed by atoms with E-state index in [0.717, 1.165) is 44.2 Å². The van der Waals surface area contributed by atoms with Crippen molar-refractivity contribution >= 4 is 23.2 Å². The topological polar surface area (TPSA) is 97.1 Å². The Labute approximate surface area is 176 Å². The van der Waals surface area contributed by atoms with Crippen molar-refractivity contribution in [1.82, 2.24) is 10.3 Å². The second-order valence-electron chi connectivity index (χ2n) is 9.46. The first-order chi connectivity index (χ1) is 14.5. The number of hydrogen-bond donors (Lipinski definition) is 3. The summed E-state index contributed by atoms with van der Waals surface area (Å²) in [6.45, 7) is 0. The zero-order chi connectivity index (χ0) is 20.8. The number of hydrogen-bond acceptors (Lipinski definition) is 4. The van der Waals surface area contributed by atoms with E-state index in [1.165, 1.54) is 0 Å². The maximum absolute atomic E-state index is 13.5. The van der Waals surface area contributed by atoms with Crippen molar-refractivity contribution in [2.75, 3.05) is 11.1 Å². The van der Waals surface area contributed by atoms with Gasteiger partial charge in [0, 0.05) is 23.1 Å². The van der Waals surface area contributed by atoms with Gasteiger partial charge in [0.1, 0.15) is 5.69 Å². The molecule has 6 heteroatoms. The van der Waals surface area contributed by atoms with Gasteiger partial charge < -0.3 is 16.4 Å². The van der Waals surface area contributed by atoms with Crippen molar-refractivity contribution in [3.8, 4) is 0 Å². The molecule has 3 aliphatic rings. The SMILES string of the molecule is Nc1cccc(NC(=O)C23CC4CCCC(NC(=O)c5ccccn5)(C2)C(C4)C3)c1. The number of nitrogens with two attached hydrogens (primary N) is 1. The molecule has 0 spiro atoms. The normalized spacial score (nSPS) is 31.7. The summed E-state index contributed by atoms with van der Waals surface area (Å²) in [6.07, 6.45) is 8.33. The number of pyridine rings is 1. The minimum Gasteiger partial charge on any atom is -0.399 e. The Morgan fingerprint density at radius 1 is 1.13 bits per heavy atom. The number of carbonyl (C=O) groups excluding carboxylic acids is 2. The molecule has 3 aliphatic carbocycles. The summed E-state index contributed by atoms with van der Waals surface area (Å²) in [5, 5.41) is 6.48. The highest BCUT2D eigenvalue weighted by Crippen LogP contribution is 2.62. The lowest BCUT2D eigenvalue weighted by Gasteiger charge is -2.36. The van der Waals surface area contributed by atoms with Gasteiger partial charge in [-0.2, -0.15) is 0 Å². The number of amides is 2. The molecule has 3 bridgehead atoms. The molecule has 156 valence electrons. The van der Waals surface area contributed by atoms with Gasteiger partial charge in [-0.3, -0.25) is 14.6 Å². The number of carbonyl (C=O) groups is 2. The average Bonchev–Trinajstić information content (AvgIpc) is 2.88. The van der Waals surface area contributed by atoms with Crippen LogP contribution in [0, 0.1) is 17.3 Å². The summed E-state index contributed by atoms with van der Waals surface area (Å²) in [6, 6.07) is 12.7. The van der Waals surface area contributed by atoms with Gasteiger partial charge >= 0.3 is 0 Å². The highest BCUT2D eigenvalue weighted by atomic mass is 16.2. The number of benzene rings is 1. The van der Waals surface area contributed by atoms with Gasteiger partial charge in [0.25, 0.3) is 5.91 Å². The Kier molecular flexibility index (Phi) is 4.53. The molecule has 0 radical (unpaired) electrons. The fraction of sp³-hybridized carbons (Fsp3) is 0.458. The summed E-state index contributed by atoms with van der Waals surface area (Å²) in [7, 11) is 0. The maximum Gasteiger partial charge on any atom is 0.270 e. The van der Waals surface area contributed by atoms with E-state index < -0.39 is 5.41 Å². The average molecular weight is 405 g/mol.